The zero-order valence-corrected chi connectivity index (χ0v) is 14.7. The van der Waals surface area contributed by atoms with Crippen molar-refractivity contribution in [2.24, 2.45) is 0 Å². The van der Waals surface area contributed by atoms with Crippen LogP contribution in [-0.2, 0) is 5.41 Å². The van der Waals surface area contributed by atoms with Crippen molar-refractivity contribution in [1.29, 1.82) is 0 Å². The molecule has 3 nitrogen and oxygen atoms in total. The number of benzene rings is 1. The van der Waals surface area contributed by atoms with E-state index in [1.54, 1.807) is 14.2 Å². The summed E-state index contributed by atoms with van der Waals surface area (Å²) in [5.41, 5.74) is 1.54. The largest absolute Gasteiger partial charge is 0.493 e. The minimum absolute atomic E-state index is 0.117. The highest BCUT2D eigenvalue weighted by molar-refractivity contribution is 5.45. The van der Waals surface area contributed by atoms with Crippen LogP contribution in [0.1, 0.15) is 53.0 Å². The molecule has 0 unspecified atom stereocenters. The Morgan fingerprint density at radius 2 is 1.52 bits per heavy atom. The predicted octanol–water partition coefficient (Wildman–Crippen LogP) is 4.15. The SMILES string of the molecule is CCC(CC)(CNC(C)(C)C)c1ccc(OC)c(OC)c1. The summed E-state index contributed by atoms with van der Waals surface area (Å²) in [7, 11) is 3.36. The Balaban J connectivity index is 3.15. The van der Waals surface area contributed by atoms with Gasteiger partial charge in [-0.3, -0.25) is 0 Å². The molecule has 0 saturated heterocycles. The summed E-state index contributed by atoms with van der Waals surface area (Å²) < 4.78 is 10.8. The smallest absolute Gasteiger partial charge is 0.161 e. The summed E-state index contributed by atoms with van der Waals surface area (Å²) in [5, 5.41) is 3.66. The molecule has 1 N–H and O–H groups in total. The van der Waals surface area contributed by atoms with E-state index in [9.17, 15) is 0 Å². The van der Waals surface area contributed by atoms with E-state index < -0.39 is 0 Å². The minimum Gasteiger partial charge on any atom is -0.493 e. The fourth-order valence-corrected chi connectivity index (χ4v) is 2.61. The molecule has 120 valence electrons. The number of ether oxygens (including phenoxy) is 2. The Hall–Kier alpha value is -1.22. The maximum atomic E-state index is 5.46. The van der Waals surface area contributed by atoms with Crippen LogP contribution in [0.25, 0.3) is 0 Å². The normalized spacial score (nSPS) is 12.3. The highest BCUT2D eigenvalue weighted by atomic mass is 16.5. The molecule has 0 saturated carbocycles. The summed E-state index contributed by atoms with van der Waals surface area (Å²) in [4.78, 5) is 0. The molecule has 0 aromatic heterocycles. The third kappa shape index (κ3) is 4.37. The number of methoxy groups -OCH3 is 2. The molecule has 1 aromatic rings. The van der Waals surface area contributed by atoms with Crippen LogP contribution in [0.5, 0.6) is 11.5 Å². The van der Waals surface area contributed by atoms with Crippen molar-refractivity contribution in [3.8, 4) is 11.5 Å². The van der Waals surface area contributed by atoms with E-state index >= 15 is 0 Å². The van der Waals surface area contributed by atoms with Gasteiger partial charge in [-0.1, -0.05) is 19.9 Å². The van der Waals surface area contributed by atoms with E-state index in [0.717, 1.165) is 30.9 Å². The van der Waals surface area contributed by atoms with Crippen LogP contribution in [0.2, 0.25) is 0 Å². The molecule has 0 fully saturated rings. The molecular weight excluding hydrogens is 262 g/mol. The van der Waals surface area contributed by atoms with Crippen LogP contribution in [0.3, 0.4) is 0 Å². The second-order valence-corrected chi connectivity index (χ2v) is 6.66. The van der Waals surface area contributed by atoms with Gasteiger partial charge in [-0.15, -0.1) is 0 Å². The molecule has 0 atom stereocenters. The van der Waals surface area contributed by atoms with Crippen LogP contribution < -0.4 is 14.8 Å². The fraction of sp³-hybridized carbons (Fsp3) is 0.667. The van der Waals surface area contributed by atoms with Crippen LogP contribution >= 0.6 is 0 Å². The van der Waals surface area contributed by atoms with E-state index in [4.69, 9.17) is 9.47 Å². The minimum atomic E-state index is 0.117. The monoisotopic (exact) mass is 293 g/mol. The Bertz CT molecular complexity index is 445. The van der Waals surface area contributed by atoms with Crippen molar-refractivity contribution in [2.45, 2.75) is 58.4 Å². The third-order valence-electron chi connectivity index (χ3n) is 4.31. The maximum absolute atomic E-state index is 5.46. The molecular formula is C18H31NO2. The van der Waals surface area contributed by atoms with Gasteiger partial charge in [0.25, 0.3) is 0 Å². The Morgan fingerprint density at radius 1 is 0.952 bits per heavy atom. The lowest BCUT2D eigenvalue weighted by molar-refractivity contribution is 0.309. The van der Waals surface area contributed by atoms with Gasteiger partial charge in [0.15, 0.2) is 11.5 Å². The molecule has 3 heteroatoms. The first kappa shape index (κ1) is 17.8. The first-order valence-corrected chi connectivity index (χ1v) is 7.79. The van der Waals surface area contributed by atoms with Crippen LogP contribution in [-0.4, -0.2) is 26.3 Å². The Labute approximate surface area is 130 Å². The number of nitrogens with one attached hydrogen (secondary N) is 1. The first-order chi connectivity index (χ1) is 9.81. The molecule has 0 aliphatic rings. The molecule has 0 aliphatic carbocycles. The van der Waals surface area contributed by atoms with E-state index in [2.05, 4.69) is 52.1 Å². The first-order valence-electron chi connectivity index (χ1n) is 7.79. The van der Waals surface area contributed by atoms with Crippen molar-refractivity contribution in [2.75, 3.05) is 20.8 Å². The van der Waals surface area contributed by atoms with Gasteiger partial charge in [0.1, 0.15) is 0 Å². The molecule has 21 heavy (non-hydrogen) atoms. The zero-order valence-electron chi connectivity index (χ0n) is 14.7. The van der Waals surface area contributed by atoms with Crippen LogP contribution in [0.15, 0.2) is 18.2 Å². The molecule has 0 bridgehead atoms. The molecule has 0 amide bonds. The van der Waals surface area contributed by atoms with Crippen LogP contribution in [0, 0.1) is 0 Å². The summed E-state index contributed by atoms with van der Waals surface area (Å²) >= 11 is 0. The van der Waals surface area contributed by atoms with E-state index in [1.807, 2.05) is 6.07 Å². The summed E-state index contributed by atoms with van der Waals surface area (Å²) in [6, 6.07) is 6.29. The highest BCUT2D eigenvalue weighted by Crippen LogP contribution is 2.37. The second-order valence-electron chi connectivity index (χ2n) is 6.66. The van der Waals surface area contributed by atoms with Gasteiger partial charge in [-0.25, -0.2) is 0 Å². The lowest BCUT2D eigenvalue weighted by Gasteiger charge is -2.36. The number of hydrogen-bond acceptors (Lipinski definition) is 3. The van der Waals surface area contributed by atoms with Gasteiger partial charge in [0.2, 0.25) is 0 Å². The van der Waals surface area contributed by atoms with Crippen molar-refractivity contribution in [1.82, 2.24) is 5.32 Å². The molecule has 0 radical (unpaired) electrons. The predicted molar refractivity (Wildman–Crippen MR) is 89.6 cm³/mol. The average molecular weight is 293 g/mol. The summed E-state index contributed by atoms with van der Waals surface area (Å²) in [6.07, 6.45) is 2.17. The fourth-order valence-electron chi connectivity index (χ4n) is 2.61. The van der Waals surface area contributed by atoms with Gasteiger partial charge in [-0.05, 0) is 51.3 Å². The second kappa shape index (κ2) is 7.17. The molecule has 0 heterocycles. The standard InChI is InChI=1S/C18H31NO2/c1-8-18(9-2,13-19-17(3,4)5)14-10-11-15(20-6)16(12-14)21-7/h10-12,19H,8-9,13H2,1-7H3. The lowest BCUT2D eigenvalue weighted by Crippen LogP contribution is -2.45. The van der Waals surface area contributed by atoms with Crippen LogP contribution in [0.4, 0.5) is 0 Å². The van der Waals surface area contributed by atoms with Crippen molar-refractivity contribution >= 4 is 0 Å². The van der Waals surface area contributed by atoms with E-state index in [0.29, 0.717) is 0 Å². The number of hydrogen-bond donors (Lipinski definition) is 1. The molecule has 0 aliphatic heterocycles. The Kier molecular flexibility index (Phi) is 6.09. The van der Waals surface area contributed by atoms with Crippen molar-refractivity contribution in [3.05, 3.63) is 23.8 Å². The quantitative estimate of drug-likeness (QED) is 0.819. The molecule has 1 rings (SSSR count). The van der Waals surface area contributed by atoms with E-state index in [-0.39, 0.29) is 11.0 Å². The van der Waals surface area contributed by atoms with Gasteiger partial charge in [0.05, 0.1) is 14.2 Å². The van der Waals surface area contributed by atoms with Gasteiger partial charge in [0, 0.05) is 17.5 Å². The average Bonchev–Trinajstić information content (AvgIpc) is 2.47. The summed E-state index contributed by atoms with van der Waals surface area (Å²) in [6.45, 7) is 12.1. The molecule has 1 aromatic carbocycles. The highest BCUT2D eigenvalue weighted by Gasteiger charge is 2.30. The Morgan fingerprint density at radius 3 is 1.95 bits per heavy atom. The topological polar surface area (TPSA) is 30.5 Å². The third-order valence-corrected chi connectivity index (χ3v) is 4.31. The maximum Gasteiger partial charge on any atom is 0.161 e. The summed E-state index contributed by atoms with van der Waals surface area (Å²) in [5.74, 6) is 1.59. The van der Waals surface area contributed by atoms with E-state index in [1.165, 1.54) is 5.56 Å². The molecule has 0 spiro atoms. The zero-order chi connectivity index (χ0) is 16.1. The lowest BCUT2D eigenvalue weighted by atomic mass is 9.75. The van der Waals surface area contributed by atoms with Gasteiger partial charge < -0.3 is 14.8 Å². The van der Waals surface area contributed by atoms with Crippen molar-refractivity contribution in [3.63, 3.8) is 0 Å². The van der Waals surface area contributed by atoms with Crippen molar-refractivity contribution < 1.29 is 9.47 Å². The number of rotatable bonds is 7. The van der Waals surface area contributed by atoms with Gasteiger partial charge >= 0.3 is 0 Å². The van der Waals surface area contributed by atoms with Gasteiger partial charge in [-0.2, -0.15) is 0 Å².